The maximum atomic E-state index is 12.8. The average Bonchev–Trinajstić information content (AvgIpc) is 2.71. The molecule has 2 aromatic rings. The molecule has 1 atom stereocenters. The zero-order valence-corrected chi connectivity index (χ0v) is 17.5. The lowest BCUT2D eigenvalue weighted by molar-refractivity contribution is -0.137. The van der Waals surface area contributed by atoms with E-state index in [0.717, 1.165) is 23.3 Å². The van der Waals surface area contributed by atoms with Crippen LogP contribution in [-0.2, 0) is 17.4 Å². The number of amides is 1. The Morgan fingerprint density at radius 2 is 1.79 bits per heavy atom. The largest absolute Gasteiger partial charge is 0.416 e. The van der Waals surface area contributed by atoms with E-state index in [9.17, 15) is 18.0 Å². The molecule has 152 valence electrons. The molecule has 1 heterocycles. The standard InChI is InChI=1S/C21H19F3IN3O/c22-21(23,24)17-8-6-15(7-9-17)11-13-28(18-10-12-25-14-27-18)19(20(26)29)16-4-2-1-3-5-16/h1-10,12,14,19H,11,13H2,(H2,26,29). The third kappa shape index (κ3) is 5.53. The van der Waals surface area contributed by atoms with Gasteiger partial charge in [-0.3, -0.25) is 4.79 Å². The molecule has 8 heteroatoms. The first-order valence-electron chi connectivity index (χ1n) is 8.81. The molecule has 1 aliphatic heterocycles. The highest BCUT2D eigenvalue weighted by molar-refractivity contribution is 14.2. The summed E-state index contributed by atoms with van der Waals surface area (Å²) >= 11 is -0.241. The van der Waals surface area contributed by atoms with Crippen molar-refractivity contribution in [3.05, 3.63) is 81.4 Å². The lowest BCUT2D eigenvalue weighted by Gasteiger charge is -2.32. The second kappa shape index (κ2) is 9.34. The first-order valence-corrected chi connectivity index (χ1v) is 11.3. The summed E-state index contributed by atoms with van der Waals surface area (Å²) in [6, 6.07) is 13.5. The van der Waals surface area contributed by atoms with Gasteiger partial charge in [0.1, 0.15) is 11.9 Å². The van der Waals surface area contributed by atoms with Gasteiger partial charge >= 0.3 is 6.18 Å². The molecule has 1 amide bonds. The number of alkyl halides is 3. The highest BCUT2D eigenvalue weighted by Crippen LogP contribution is 2.29. The number of amidine groups is 1. The lowest BCUT2D eigenvalue weighted by Crippen LogP contribution is -2.42. The van der Waals surface area contributed by atoms with E-state index in [1.54, 1.807) is 0 Å². The fraction of sp³-hybridized carbons (Fsp3) is 0.190. The zero-order valence-electron chi connectivity index (χ0n) is 15.3. The Hall–Kier alpha value is -2.49. The highest BCUT2D eigenvalue weighted by atomic mass is 127. The van der Waals surface area contributed by atoms with E-state index in [0.29, 0.717) is 18.8 Å². The Balaban J connectivity index is 1.86. The summed E-state index contributed by atoms with van der Waals surface area (Å²) in [6.07, 6.45) is -2.05. The Labute approximate surface area is 176 Å². The van der Waals surface area contributed by atoms with E-state index < -0.39 is 23.7 Å². The minimum atomic E-state index is -4.37. The third-order valence-corrected chi connectivity index (χ3v) is 5.81. The van der Waals surface area contributed by atoms with Crippen molar-refractivity contribution >= 4 is 36.6 Å². The van der Waals surface area contributed by atoms with Crippen molar-refractivity contribution in [2.75, 3.05) is 6.54 Å². The molecule has 1 aliphatic rings. The molecule has 0 aromatic heterocycles. The first-order chi connectivity index (χ1) is 13.9. The number of hydrogen-bond acceptors (Lipinski definition) is 3. The molecular weight excluding hydrogens is 494 g/mol. The van der Waals surface area contributed by atoms with Gasteiger partial charge in [-0.05, 0) is 39.8 Å². The van der Waals surface area contributed by atoms with E-state index in [2.05, 4.69) is 4.99 Å². The Bertz CT molecular complexity index is 938. The summed E-state index contributed by atoms with van der Waals surface area (Å²) in [7, 11) is 0. The topological polar surface area (TPSA) is 58.7 Å². The number of hydrogen-bond donors (Lipinski definition) is 1. The number of rotatable bonds is 6. The molecule has 0 bridgehead atoms. The van der Waals surface area contributed by atoms with Crippen molar-refractivity contribution in [3.8, 4) is 0 Å². The normalized spacial score (nSPS) is 14.7. The van der Waals surface area contributed by atoms with Crippen molar-refractivity contribution in [2.24, 2.45) is 10.7 Å². The molecule has 0 aliphatic carbocycles. The third-order valence-electron chi connectivity index (χ3n) is 4.44. The van der Waals surface area contributed by atoms with Crippen LogP contribution in [0.15, 0.2) is 69.7 Å². The molecule has 29 heavy (non-hydrogen) atoms. The van der Waals surface area contributed by atoms with Gasteiger partial charge in [0, 0.05) is 6.54 Å². The van der Waals surface area contributed by atoms with E-state index in [4.69, 9.17) is 5.73 Å². The van der Waals surface area contributed by atoms with Crippen LogP contribution >= 0.6 is 20.7 Å². The molecule has 1 unspecified atom stereocenters. The molecule has 0 spiro atoms. The number of halogens is 4. The van der Waals surface area contributed by atoms with Gasteiger partial charge in [0.05, 0.1) is 9.70 Å². The van der Waals surface area contributed by atoms with Gasteiger partial charge in [0.25, 0.3) is 0 Å². The summed E-state index contributed by atoms with van der Waals surface area (Å²) < 4.78 is 42.2. The predicted octanol–water partition coefficient (Wildman–Crippen LogP) is 4.43. The lowest BCUT2D eigenvalue weighted by atomic mass is 10.0. The summed E-state index contributed by atoms with van der Waals surface area (Å²) in [6.45, 7) is 0.378. The SMILES string of the molecule is NC(=O)C(c1ccccc1)N(CCc1ccc(C(F)(F)F)cc1)C1=NC=IC=C1. The van der Waals surface area contributed by atoms with Gasteiger partial charge in [-0.2, -0.15) is 13.2 Å². The number of carbonyl (C=O) groups is 1. The summed E-state index contributed by atoms with van der Waals surface area (Å²) in [5.74, 6) is 0.107. The molecule has 0 saturated heterocycles. The van der Waals surface area contributed by atoms with Crippen LogP contribution in [-0.4, -0.2) is 27.3 Å². The van der Waals surface area contributed by atoms with Gasteiger partial charge in [-0.1, -0.05) is 63.2 Å². The first kappa shape index (κ1) is 21.2. The zero-order chi connectivity index (χ0) is 20.9. The molecule has 0 fully saturated rings. The second-order valence-corrected chi connectivity index (χ2v) is 8.35. The van der Waals surface area contributed by atoms with E-state index >= 15 is 0 Å². The van der Waals surface area contributed by atoms with Gasteiger partial charge < -0.3 is 10.6 Å². The fourth-order valence-electron chi connectivity index (χ4n) is 3.04. The summed E-state index contributed by atoms with van der Waals surface area (Å²) in [4.78, 5) is 18.6. The number of benzene rings is 2. The number of nitrogens with zero attached hydrogens (tertiary/aromatic N) is 2. The van der Waals surface area contributed by atoms with Crippen molar-refractivity contribution < 1.29 is 18.0 Å². The predicted molar refractivity (Wildman–Crippen MR) is 117 cm³/mol. The van der Waals surface area contributed by atoms with Gasteiger partial charge in [0.15, 0.2) is 0 Å². The van der Waals surface area contributed by atoms with Crippen LogP contribution in [0, 0.1) is 0 Å². The highest BCUT2D eigenvalue weighted by Gasteiger charge is 2.30. The van der Waals surface area contributed by atoms with Crippen LogP contribution in [0.25, 0.3) is 0 Å². The van der Waals surface area contributed by atoms with Gasteiger partial charge in [-0.25, -0.2) is 4.99 Å². The number of nitrogens with two attached hydrogens (primary N) is 1. The maximum absolute atomic E-state index is 12.8. The molecule has 2 aromatic carbocycles. The number of primary amides is 1. The molecule has 3 rings (SSSR count). The smallest absolute Gasteiger partial charge is 0.368 e. The van der Waals surface area contributed by atoms with Crippen molar-refractivity contribution in [1.29, 1.82) is 0 Å². The summed E-state index contributed by atoms with van der Waals surface area (Å²) in [5.41, 5.74) is 6.51. The molecule has 0 radical (unpaired) electrons. The maximum Gasteiger partial charge on any atom is 0.416 e. The van der Waals surface area contributed by atoms with Crippen LogP contribution in [0.4, 0.5) is 13.2 Å². The molecule has 4 nitrogen and oxygen atoms in total. The van der Waals surface area contributed by atoms with Crippen molar-refractivity contribution in [2.45, 2.75) is 18.6 Å². The second-order valence-electron chi connectivity index (χ2n) is 6.36. The van der Waals surface area contributed by atoms with Crippen LogP contribution in [0.2, 0.25) is 0 Å². The number of aliphatic imine (C=N–C) groups is 1. The van der Waals surface area contributed by atoms with E-state index in [1.807, 2.05) is 49.5 Å². The Morgan fingerprint density at radius 3 is 2.34 bits per heavy atom. The van der Waals surface area contributed by atoms with E-state index in [-0.39, 0.29) is 20.7 Å². The molecular formula is C21H19F3IN3O. The molecule has 0 saturated carbocycles. The Morgan fingerprint density at radius 1 is 1.10 bits per heavy atom. The van der Waals surface area contributed by atoms with Crippen molar-refractivity contribution in [1.82, 2.24) is 4.90 Å². The van der Waals surface area contributed by atoms with E-state index in [1.165, 1.54) is 12.1 Å². The fourth-order valence-corrected chi connectivity index (χ4v) is 4.20. The van der Waals surface area contributed by atoms with Crippen LogP contribution in [0.1, 0.15) is 22.7 Å². The monoisotopic (exact) mass is 513 g/mol. The quantitative estimate of drug-likeness (QED) is 0.582. The van der Waals surface area contributed by atoms with Crippen molar-refractivity contribution in [3.63, 3.8) is 0 Å². The average molecular weight is 513 g/mol. The van der Waals surface area contributed by atoms with Crippen LogP contribution < -0.4 is 5.73 Å². The van der Waals surface area contributed by atoms with Gasteiger partial charge in [-0.15, -0.1) is 0 Å². The Kier molecular flexibility index (Phi) is 6.83. The van der Waals surface area contributed by atoms with Crippen LogP contribution in [0.3, 0.4) is 0 Å². The minimum absolute atomic E-state index is 0.241. The minimum Gasteiger partial charge on any atom is -0.368 e. The van der Waals surface area contributed by atoms with Gasteiger partial charge in [0.2, 0.25) is 5.91 Å². The molecule has 2 N–H and O–H groups in total. The summed E-state index contributed by atoms with van der Waals surface area (Å²) in [5, 5.41) is 0. The number of carbonyl (C=O) groups excluding carboxylic acids is 1. The van der Waals surface area contributed by atoms with Crippen LogP contribution in [0.5, 0.6) is 0 Å².